The lowest BCUT2D eigenvalue weighted by molar-refractivity contribution is -0.147. The Morgan fingerprint density at radius 3 is 1.88 bits per heavy atom. The van der Waals surface area contributed by atoms with Crippen LogP contribution in [0.25, 0.3) is 0 Å². The number of carbonyl (C=O) groups is 1. The zero-order chi connectivity index (χ0) is 25.5. The molecule has 2 atom stereocenters. The Hall–Kier alpha value is -0.750. The molecule has 0 aromatic carbocycles. The molecule has 0 saturated carbocycles. The van der Waals surface area contributed by atoms with E-state index in [0.29, 0.717) is 0 Å². The minimum absolute atomic E-state index is 0.0404. The average Bonchev–Trinajstić information content (AvgIpc) is 2.80. The molecule has 6 nitrogen and oxygen atoms in total. The molecule has 0 radical (unpaired) electrons. The van der Waals surface area contributed by atoms with Crippen molar-refractivity contribution in [1.29, 1.82) is 0 Å². The lowest BCUT2D eigenvalue weighted by Gasteiger charge is -2.22. The molecule has 0 bridgehead atoms. The fraction of sp³-hybridized carbons (Fsp3) is 0.885. The van der Waals surface area contributed by atoms with Crippen molar-refractivity contribution < 1.29 is 32.6 Å². The van der Waals surface area contributed by atoms with E-state index in [1.165, 1.54) is 51.4 Å². The van der Waals surface area contributed by atoms with Gasteiger partial charge in [0, 0.05) is 12.8 Å². The minimum Gasteiger partial charge on any atom is -0.463 e. The highest BCUT2D eigenvalue weighted by Gasteiger charge is 2.37. The van der Waals surface area contributed by atoms with Gasteiger partial charge in [-0.3, -0.25) is 9.36 Å². The van der Waals surface area contributed by atoms with Gasteiger partial charge in [-0.05, 0) is 46.0 Å². The van der Waals surface area contributed by atoms with Crippen LogP contribution in [-0.4, -0.2) is 42.9 Å². The summed E-state index contributed by atoms with van der Waals surface area (Å²) in [5.41, 5.74) is 0. The first-order valence-corrected chi connectivity index (χ1v) is 15.0. The molecule has 0 aliphatic heterocycles. The molecule has 0 amide bonds. The predicted octanol–water partition coefficient (Wildman–Crippen LogP) is 7.88. The Kier molecular flexibility index (Phi) is 22.2. The zero-order valence-electron chi connectivity index (χ0n) is 21.9. The Morgan fingerprint density at radius 1 is 0.853 bits per heavy atom. The lowest BCUT2D eigenvalue weighted by Crippen LogP contribution is -2.23. The molecule has 0 saturated heterocycles. The smallest absolute Gasteiger partial charge is 0.364 e. The molecule has 0 spiro atoms. The molecule has 1 unspecified atom stereocenters. The third-order valence-electron chi connectivity index (χ3n) is 5.51. The van der Waals surface area contributed by atoms with E-state index in [-0.39, 0.29) is 26.2 Å². The highest BCUT2D eigenvalue weighted by atomic mass is 31.2. The van der Waals surface area contributed by atoms with E-state index in [4.69, 9.17) is 13.8 Å². The van der Waals surface area contributed by atoms with Crippen molar-refractivity contribution in [3.8, 4) is 0 Å². The van der Waals surface area contributed by atoms with Crippen LogP contribution in [-0.2, 0) is 23.1 Å². The van der Waals surface area contributed by atoms with Crippen molar-refractivity contribution >= 4 is 13.6 Å². The molecular weight excluding hydrogens is 458 g/mol. The van der Waals surface area contributed by atoms with Crippen molar-refractivity contribution in [2.24, 2.45) is 0 Å². The number of ether oxygens (including phenoxy) is 1. The van der Waals surface area contributed by atoms with E-state index in [2.05, 4.69) is 19.1 Å². The Bertz CT molecular complexity index is 547. The van der Waals surface area contributed by atoms with Gasteiger partial charge in [0.2, 0.25) is 5.91 Å². The van der Waals surface area contributed by atoms with Gasteiger partial charge in [-0.15, -0.1) is 0 Å². The molecule has 0 aliphatic rings. The van der Waals surface area contributed by atoms with Crippen molar-refractivity contribution in [2.75, 3.05) is 19.8 Å². The number of unbranched alkanes of at least 4 members (excludes halogenated alkanes) is 11. The first-order valence-electron chi connectivity index (χ1n) is 13.4. The number of hydrogen-bond donors (Lipinski definition) is 1. The van der Waals surface area contributed by atoms with Crippen LogP contribution in [0.5, 0.6) is 0 Å². The number of esters is 1. The van der Waals surface area contributed by atoms with E-state index in [0.717, 1.165) is 32.1 Å². The molecule has 1 N–H and O–H groups in total. The largest absolute Gasteiger partial charge is 0.463 e. The average molecular weight is 509 g/mol. The first-order chi connectivity index (χ1) is 16.4. The highest BCUT2D eigenvalue weighted by Crippen LogP contribution is 2.55. The summed E-state index contributed by atoms with van der Waals surface area (Å²) in [6.45, 7) is 5.17. The fourth-order valence-corrected chi connectivity index (χ4v) is 5.20. The van der Waals surface area contributed by atoms with Crippen molar-refractivity contribution in [3.05, 3.63) is 12.2 Å². The maximum atomic E-state index is 14.3. The molecule has 0 aliphatic carbocycles. The predicted molar refractivity (Wildman–Crippen MR) is 137 cm³/mol. The van der Waals surface area contributed by atoms with Crippen LogP contribution >= 0.6 is 7.60 Å². The summed E-state index contributed by atoms with van der Waals surface area (Å²) in [4.78, 5) is 11.8. The SMILES string of the molecule is CCCCCCCC/C=C\CCCCCCCC(=O)OC[C@@H](O)CC(F)P(=O)(OCC)OCC. The monoisotopic (exact) mass is 508 g/mol. The summed E-state index contributed by atoms with van der Waals surface area (Å²) in [6, 6.07) is 0. The van der Waals surface area contributed by atoms with Gasteiger partial charge in [-0.1, -0.05) is 70.4 Å². The van der Waals surface area contributed by atoms with Crippen LogP contribution in [0.2, 0.25) is 0 Å². The summed E-state index contributed by atoms with van der Waals surface area (Å²) >= 11 is 0. The van der Waals surface area contributed by atoms with Crippen LogP contribution in [0.4, 0.5) is 4.39 Å². The molecule has 0 aromatic rings. The van der Waals surface area contributed by atoms with E-state index in [1.54, 1.807) is 13.8 Å². The minimum atomic E-state index is -3.93. The number of halogens is 1. The van der Waals surface area contributed by atoms with Gasteiger partial charge in [-0.25, -0.2) is 4.39 Å². The number of rotatable bonds is 24. The van der Waals surface area contributed by atoms with Gasteiger partial charge in [0.15, 0.2) is 0 Å². The van der Waals surface area contributed by atoms with Gasteiger partial charge in [0.1, 0.15) is 6.61 Å². The van der Waals surface area contributed by atoms with Crippen LogP contribution in [0, 0.1) is 0 Å². The summed E-state index contributed by atoms with van der Waals surface area (Å²) < 4.78 is 41.5. The number of carbonyl (C=O) groups excluding carboxylic acids is 1. The second-order valence-electron chi connectivity index (χ2n) is 8.72. The first kappa shape index (κ1) is 33.2. The van der Waals surface area contributed by atoms with E-state index in [1.807, 2.05) is 0 Å². The van der Waals surface area contributed by atoms with Crippen LogP contribution in [0.3, 0.4) is 0 Å². The van der Waals surface area contributed by atoms with Gasteiger partial charge in [-0.2, -0.15) is 0 Å². The maximum Gasteiger partial charge on any atom is 0.364 e. The second kappa shape index (κ2) is 22.7. The van der Waals surface area contributed by atoms with Crippen molar-refractivity contribution in [1.82, 2.24) is 0 Å². The van der Waals surface area contributed by atoms with Gasteiger partial charge in [0.05, 0.1) is 19.3 Å². The second-order valence-corrected chi connectivity index (χ2v) is 10.9. The molecule has 34 heavy (non-hydrogen) atoms. The van der Waals surface area contributed by atoms with Crippen molar-refractivity contribution in [2.45, 2.75) is 129 Å². The molecule has 0 heterocycles. The lowest BCUT2D eigenvalue weighted by atomic mass is 10.1. The topological polar surface area (TPSA) is 82.1 Å². The Balaban J connectivity index is 3.70. The molecule has 0 rings (SSSR count). The highest BCUT2D eigenvalue weighted by molar-refractivity contribution is 7.54. The van der Waals surface area contributed by atoms with Crippen molar-refractivity contribution in [3.63, 3.8) is 0 Å². The molecule has 0 fully saturated rings. The standard InChI is InChI=1S/C26H50FO6P/c1-4-7-8-9-10-11-12-13-14-15-16-17-18-19-20-21-26(29)31-23-24(28)22-25(27)34(30,32-5-2)33-6-3/h13-14,24-25,28H,4-12,15-23H2,1-3H3/b14-13-/t24-,25?/m0/s1. The molecule has 202 valence electrons. The number of hydrogen-bond acceptors (Lipinski definition) is 6. The van der Waals surface area contributed by atoms with Gasteiger partial charge < -0.3 is 18.9 Å². The van der Waals surface area contributed by atoms with Gasteiger partial charge in [0.25, 0.3) is 0 Å². The number of aliphatic hydroxyl groups excluding tert-OH is 1. The quantitative estimate of drug-likeness (QED) is 0.0618. The summed E-state index contributed by atoms with van der Waals surface area (Å²) in [5.74, 6) is -2.38. The molecular formula is C26H50FO6P. The number of aliphatic hydroxyl groups is 1. The van der Waals surface area contributed by atoms with E-state index < -0.39 is 32.0 Å². The Labute approximate surface area is 207 Å². The van der Waals surface area contributed by atoms with E-state index in [9.17, 15) is 18.9 Å². The van der Waals surface area contributed by atoms with Crippen LogP contribution in [0.15, 0.2) is 12.2 Å². The summed E-state index contributed by atoms with van der Waals surface area (Å²) in [7, 11) is -3.93. The summed E-state index contributed by atoms with van der Waals surface area (Å²) in [5, 5.41) is 9.92. The van der Waals surface area contributed by atoms with Gasteiger partial charge >= 0.3 is 13.6 Å². The fourth-order valence-electron chi connectivity index (χ4n) is 3.58. The zero-order valence-corrected chi connectivity index (χ0v) is 22.7. The molecule has 8 heteroatoms. The number of alkyl halides is 1. The van der Waals surface area contributed by atoms with E-state index >= 15 is 0 Å². The summed E-state index contributed by atoms with van der Waals surface area (Å²) in [6.07, 6.45) is 18.5. The third kappa shape index (κ3) is 18.6. The Morgan fingerprint density at radius 2 is 1.35 bits per heavy atom. The normalized spacial score (nSPS) is 13.9. The van der Waals surface area contributed by atoms with Crippen LogP contribution < -0.4 is 0 Å². The maximum absolute atomic E-state index is 14.3. The van der Waals surface area contributed by atoms with Crippen LogP contribution in [0.1, 0.15) is 117 Å². The number of allylic oxidation sites excluding steroid dienone is 2. The third-order valence-corrected chi connectivity index (χ3v) is 7.64. The molecule has 0 aromatic heterocycles.